The maximum absolute atomic E-state index is 13.4. The number of carbonyl (C=O) groups is 1. The van der Waals surface area contributed by atoms with Crippen LogP contribution in [-0.4, -0.2) is 18.2 Å². The zero-order valence-electron chi connectivity index (χ0n) is 8.87. The number of hydrogen-bond acceptors (Lipinski definition) is 2. The van der Waals surface area contributed by atoms with Gasteiger partial charge in [-0.1, -0.05) is 6.07 Å². The van der Waals surface area contributed by atoms with Crippen molar-refractivity contribution >= 4 is 5.97 Å². The van der Waals surface area contributed by atoms with Gasteiger partial charge in [0.1, 0.15) is 0 Å². The first-order valence-electron chi connectivity index (χ1n) is 4.54. The van der Waals surface area contributed by atoms with Gasteiger partial charge in [-0.2, -0.15) is 0 Å². The van der Waals surface area contributed by atoms with Crippen LogP contribution in [0, 0.1) is 12.7 Å². The molecule has 4 heteroatoms. The lowest BCUT2D eigenvalue weighted by Gasteiger charge is -2.11. The first-order valence-corrected chi connectivity index (χ1v) is 4.54. The van der Waals surface area contributed by atoms with E-state index in [-0.39, 0.29) is 5.75 Å². The molecule has 0 aliphatic rings. The lowest BCUT2D eigenvalue weighted by molar-refractivity contribution is -0.138. The van der Waals surface area contributed by atoms with Crippen LogP contribution in [0.2, 0.25) is 0 Å². The highest BCUT2D eigenvalue weighted by molar-refractivity contribution is 5.75. The van der Waals surface area contributed by atoms with Crippen molar-refractivity contribution in [1.82, 2.24) is 0 Å². The van der Waals surface area contributed by atoms with Gasteiger partial charge in [0.25, 0.3) is 0 Å². The van der Waals surface area contributed by atoms with Crippen molar-refractivity contribution in [2.75, 3.05) is 7.11 Å². The molecule has 1 rings (SSSR count). The normalized spacial score (nSPS) is 12.3. The SMILES string of the molecule is COc1cc(C(C)C(=O)O)cc(C)c1F. The minimum absolute atomic E-state index is 0.0816. The lowest BCUT2D eigenvalue weighted by Crippen LogP contribution is -2.08. The molecule has 1 N–H and O–H groups in total. The Morgan fingerprint density at radius 1 is 1.53 bits per heavy atom. The molecule has 1 unspecified atom stereocenters. The minimum atomic E-state index is -0.942. The van der Waals surface area contributed by atoms with Crippen molar-refractivity contribution in [3.63, 3.8) is 0 Å². The number of halogens is 1. The van der Waals surface area contributed by atoms with Gasteiger partial charge in [0.2, 0.25) is 0 Å². The van der Waals surface area contributed by atoms with Crippen LogP contribution in [0.3, 0.4) is 0 Å². The zero-order valence-corrected chi connectivity index (χ0v) is 8.87. The number of ether oxygens (including phenoxy) is 1. The summed E-state index contributed by atoms with van der Waals surface area (Å²) < 4.78 is 18.2. The Hall–Kier alpha value is -1.58. The molecule has 0 fully saturated rings. The second kappa shape index (κ2) is 4.29. The van der Waals surface area contributed by atoms with Crippen LogP contribution in [-0.2, 0) is 4.79 Å². The summed E-state index contributed by atoms with van der Waals surface area (Å²) in [6, 6.07) is 2.94. The summed E-state index contributed by atoms with van der Waals surface area (Å²) in [6.45, 7) is 3.13. The van der Waals surface area contributed by atoms with Crippen LogP contribution < -0.4 is 4.74 Å². The number of carboxylic acids is 1. The van der Waals surface area contributed by atoms with Crippen molar-refractivity contribution in [2.24, 2.45) is 0 Å². The summed E-state index contributed by atoms with van der Waals surface area (Å²) in [5, 5.41) is 8.82. The Morgan fingerprint density at radius 3 is 2.60 bits per heavy atom. The predicted octanol–water partition coefficient (Wildman–Crippen LogP) is 2.33. The van der Waals surface area contributed by atoms with E-state index in [0.717, 1.165) is 0 Å². The molecule has 0 amide bonds. The van der Waals surface area contributed by atoms with Crippen molar-refractivity contribution in [3.8, 4) is 5.75 Å². The van der Waals surface area contributed by atoms with Gasteiger partial charge >= 0.3 is 5.97 Å². The van der Waals surface area contributed by atoms with Crippen LogP contribution in [0.4, 0.5) is 4.39 Å². The third-order valence-corrected chi connectivity index (χ3v) is 2.33. The highest BCUT2D eigenvalue weighted by Gasteiger charge is 2.17. The third kappa shape index (κ3) is 2.26. The molecule has 0 saturated carbocycles. The molecule has 0 saturated heterocycles. The van der Waals surface area contributed by atoms with Crippen molar-refractivity contribution < 1.29 is 19.0 Å². The molecule has 82 valence electrons. The van der Waals surface area contributed by atoms with Gasteiger partial charge in [-0.3, -0.25) is 4.79 Å². The smallest absolute Gasteiger partial charge is 0.310 e. The van der Waals surface area contributed by atoms with E-state index >= 15 is 0 Å². The van der Waals surface area contributed by atoms with Crippen molar-refractivity contribution in [3.05, 3.63) is 29.1 Å². The molecule has 1 atom stereocenters. The van der Waals surface area contributed by atoms with E-state index in [1.165, 1.54) is 19.2 Å². The number of hydrogen-bond donors (Lipinski definition) is 1. The number of methoxy groups -OCH3 is 1. The van der Waals surface area contributed by atoms with Crippen LogP contribution in [0.15, 0.2) is 12.1 Å². The summed E-state index contributed by atoms with van der Waals surface area (Å²) >= 11 is 0. The maximum Gasteiger partial charge on any atom is 0.310 e. The van der Waals surface area contributed by atoms with Gasteiger partial charge in [-0.25, -0.2) is 4.39 Å². The Balaban J connectivity index is 3.22. The van der Waals surface area contributed by atoms with E-state index in [2.05, 4.69) is 0 Å². The zero-order chi connectivity index (χ0) is 11.6. The fraction of sp³-hybridized carbons (Fsp3) is 0.364. The molecule has 3 nitrogen and oxygen atoms in total. The molecule has 0 spiro atoms. The highest BCUT2D eigenvalue weighted by Crippen LogP contribution is 2.26. The van der Waals surface area contributed by atoms with E-state index in [4.69, 9.17) is 9.84 Å². The molecule has 0 heterocycles. The van der Waals surface area contributed by atoms with Gasteiger partial charge in [0.15, 0.2) is 11.6 Å². The Morgan fingerprint density at radius 2 is 2.13 bits per heavy atom. The molecule has 0 aliphatic heterocycles. The van der Waals surface area contributed by atoms with Crippen LogP contribution in [0.5, 0.6) is 5.75 Å². The molecule has 15 heavy (non-hydrogen) atoms. The highest BCUT2D eigenvalue weighted by atomic mass is 19.1. The maximum atomic E-state index is 13.4. The molecular weight excluding hydrogens is 199 g/mol. The molecule has 0 aromatic heterocycles. The monoisotopic (exact) mass is 212 g/mol. The molecule has 1 aromatic carbocycles. The molecule has 0 bridgehead atoms. The van der Waals surface area contributed by atoms with E-state index < -0.39 is 17.7 Å². The fourth-order valence-corrected chi connectivity index (χ4v) is 1.31. The molecule has 1 aromatic rings. The predicted molar refractivity (Wildman–Crippen MR) is 53.7 cm³/mol. The largest absolute Gasteiger partial charge is 0.494 e. The quantitative estimate of drug-likeness (QED) is 0.836. The number of benzene rings is 1. The van der Waals surface area contributed by atoms with Crippen LogP contribution in [0.1, 0.15) is 24.0 Å². The molecular formula is C11H13FO3. The van der Waals surface area contributed by atoms with Crippen molar-refractivity contribution in [1.29, 1.82) is 0 Å². The van der Waals surface area contributed by atoms with Gasteiger partial charge in [-0.05, 0) is 31.0 Å². The fourth-order valence-electron chi connectivity index (χ4n) is 1.31. The number of carboxylic acid groups (broad SMARTS) is 1. The summed E-state index contributed by atoms with van der Waals surface area (Å²) in [4.78, 5) is 10.8. The van der Waals surface area contributed by atoms with Crippen LogP contribution >= 0.6 is 0 Å². The standard InChI is InChI=1S/C11H13FO3/c1-6-4-8(7(2)11(13)14)5-9(15-3)10(6)12/h4-5,7H,1-3H3,(H,13,14). The Bertz CT molecular complexity index is 388. The number of aliphatic carboxylic acids is 1. The minimum Gasteiger partial charge on any atom is -0.494 e. The Kier molecular flexibility index (Phi) is 3.29. The van der Waals surface area contributed by atoms with Gasteiger partial charge in [-0.15, -0.1) is 0 Å². The summed E-state index contributed by atoms with van der Waals surface area (Å²) in [7, 11) is 1.35. The van der Waals surface area contributed by atoms with Gasteiger partial charge < -0.3 is 9.84 Å². The summed E-state index contributed by atoms with van der Waals surface area (Å²) in [5.74, 6) is -1.97. The van der Waals surface area contributed by atoms with Gasteiger partial charge in [0.05, 0.1) is 13.0 Å². The summed E-state index contributed by atoms with van der Waals surface area (Å²) in [5.41, 5.74) is 0.927. The molecule has 0 radical (unpaired) electrons. The molecule has 0 aliphatic carbocycles. The van der Waals surface area contributed by atoms with Crippen LogP contribution in [0.25, 0.3) is 0 Å². The van der Waals surface area contributed by atoms with Crippen molar-refractivity contribution in [2.45, 2.75) is 19.8 Å². The number of rotatable bonds is 3. The average molecular weight is 212 g/mol. The Labute approximate surface area is 87.5 Å². The second-order valence-corrected chi connectivity index (χ2v) is 3.41. The first-order chi connectivity index (χ1) is 6.97. The second-order valence-electron chi connectivity index (χ2n) is 3.41. The van der Waals surface area contributed by atoms with E-state index in [1.54, 1.807) is 13.8 Å². The lowest BCUT2D eigenvalue weighted by atomic mass is 9.99. The van der Waals surface area contributed by atoms with Gasteiger partial charge in [0, 0.05) is 0 Å². The third-order valence-electron chi connectivity index (χ3n) is 2.33. The topological polar surface area (TPSA) is 46.5 Å². The van der Waals surface area contributed by atoms with E-state index in [9.17, 15) is 9.18 Å². The van der Waals surface area contributed by atoms with E-state index in [1.807, 2.05) is 0 Å². The average Bonchev–Trinajstić information content (AvgIpc) is 2.20. The first kappa shape index (κ1) is 11.5. The van der Waals surface area contributed by atoms with E-state index in [0.29, 0.717) is 11.1 Å². The summed E-state index contributed by atoms with van der Waals surface area (Å²) in [6.07, 6.45) is 0. The number of aryl methyl sites for hydroxylation is 1.